The lowest BCUT2D eigenvalue weighted by atomic mass is 10.2. The molecule has 0 aliphatic carbocycles. The number of pyridine rings is 1. The summed E-state index contributed by atoms with van der Waals surface area (Å²) < 4.78 is 12.7. The van der Waals surface area contributed by atoms with Crippen LogP contribution in [-0.2, 0) is 6.54 Å². The Hall–Kier alpha value is -1.81. The number of nitrogens with one attached hydrogen (secondary N) is 1. The third-order valence-electron chi connectivity index (χ3n) is 2.26. The van der Waals surface area contributed by atoms with Gasteiger partial charge >= 0.3 is 0 Å². The minimum Gasteiger partial charge on any atom is -0.370 e. The van der Waals surface area contributed by atoms with Gasteiger partial charge in [0.05, 0.1) is 12.2 Å². The SMILES string of the molecule is Fc1ccc(C(=S)NCc2ccccn2)cc1. The van der Waals surface area contributed by atoms with E-state index in [9.17, 15) is 4.39 Å². The molecule has 0 unspecified atom stereocenters. The van der Waals surface area contributed by atoms with Gasteiger partial charge in [-0.1, -0.05) is 18.3 Å². The first-order chi connectivity index (χ1) is 8.25. The lowest BCUT2D eigenvalue weighted by Gasteiger charge is -2.07. The van der Waals surface area contributed by atoms with Crippen LogP contribution in [0.5, 0.6) is 0 Å². The molecule has 2 nitrogen and oxygen atoms in total. The Balaban J connectivity index is 1.96. The molecule has 0 saturated carbocycles. The Bertz CT molecular complexity index is 497. The van der Waals surface area contributed by atoms with Gasteiger partial charge < -0.3 is 5.32 Å². The highest BCUT2D eigenvalue weighted by Crippen LogP contribution is 2.04. The average molecular weight is 246 g/mol. The molecule has 0 aliphatic rings. The molecule has 1 heterocycles. The molecule has 4 heteroatoms. The molecule has 0 bridgehead atoms. The molecular weight excluding hydrogens is 235 g/mol. The number of hydrogen-bond donors (Lipinski definition) is 1. The number of rotatable bonds is 3. The van der Waals surface area contributed by atoms with Gasteiger partial charge in [-0.3, -0.25) is 4.98 Å². The van der Waals surface area contributed by atoms with Gasteiger partial charge in [-0.25, -0.2) is 4.39 Å². The summed E-state index contributed by atoms with van der Waals surface area (Å²) in [5.41, 5.74) is 1.72. The van der Waals surface area contributed by atoms with Crippen molar-refractivity contribution in [1.29, 1.82) is 0 Å². The van der Waals surface area contributed by atoms with Crippen LogP contribution in [0.2, 0.25) is 0 Å². The van der Waals surface area contributed by atoms with Crippen molar-refractivity contribution in [3.05, 3.63) is 65.7 Å². The first-order valence-corrected chi connectivity index (χ1v) is 5.60. The molecule has 0 atom stereocenters. The number of thiocarbonyl (C=S) groups is 1. The summed E-state index contributed by atoms with van der Waals surface area (Å²) in [5, 5.41) is 3.08. The van der Waals surface area contributed by atoms with Gasteiger partial charge in [0.1, 0.15) is 10.8 Å². The molecule has 1 aromatic heterocycles. The van der Waals surface area contributed by atoms with Crippen molar-refractivity contribution in [3.63, 3.8) is 0 Å². The van der Waals surface area contributed by atoms with Crippen LogP contribution in [0.15, 0.2) is 48.7 Å². The van der Waals surface area contributed by atoms with Crippen LogP contribution in [-0.4, -0.2) is 9.97 Å². The fourth-order valence-corrected chi connectivity index (χ4v) is 1.59. The van der Waals surface area contributed by atoms with Crippen LogP contribution in [0.4, 0.5) is 4.39 Å². The first kappa shape index (κ1) is 11.7. The number of halogens is 1. The van der Waals surface area contributed by atoms with Crippen LogP contribution < -0.4 is 5.32 Å². The van der Waals surface area contributed by atoms with Crippen molar-refractivity contribution in [2.24, 2.45) is 0 Å². The quantitative estimate of drug-likeness (QED) is 0.843. The monoisotopic (exact) mass is 246 g/mol. The molecule has 0 radical (unpaired) electrons. The molecule has 0 fully saturated rings. The predicted octanol–water partition coefficient (Wildman–Crippen LogP) is 2.69. The Morgan fingerprint density at radius 2 is 1.94 bits per heavy atom. The maximum absolute atomic E-state index is 12.7. The summed E-state index contributed by atoms with van der Waals surface area (Å²) in [5.74, 6) is -0.263. The lowest BCUT2D eigenvalue weighted by Crippen LogP contribution is -2.22. The Morgan fingerprint density at radius 3 is 2.59 bits per heavy atom. The highest BCUT2D eigenvalue weighted by molar-refractivity contribution is 7.80. The summed E-state index contributed by atoms with van der Waals surface area (Å²) in [7, 11) is 0. The van der Waals surface area contributed by atoms with Crippen LogP contribution in [0, 0.1) is 5.82 Å². The Kier molecular flexibility index (Phi) is 3.77. The number of hydrogen-bond acceptors (Lipinski definition) is 2. The summed E-state index contributed by atoms with van der Waals surface area (Å²) >= 11 is 5.20. The van der Waals surface area contributed by atoms with Crippen LogP contribution >= 0.6 is 12.2 Å². The highest BCUT2D eigenvalue weighted by atomic mass is 32.1. The van der Waals surface area contributed by atoms with E-state index in [0.29, 0.717) is 11.5 Å². The summed E-state index contributed by atoms with van der Waals surface area (Å²) in [6, 6.07) is 11.8. The van der Waals surface area contributed by atoms with Crippen LogP contribution in [0.1, 0.15) is 11.3 Å². The number of aromatic nitrogens is 1. The van der Waals surface area contributed by atoms with Gasteiger partial charge in [0.2, 0.25) is 0 Å². The first-order valence-electron chi connectivity index (χ1n) is 5.19. The fraction of sp³-hybridized carbons (Fsp3) is 0.0769. The van der Waals surface area contributed by atoms with Crippen molar-refractivity contribution >= 4 is 17.2 Å². The zero-order valence-electron chi connectivity index (χ0n) is 9.06. The van der Waals surface area contributed by atoms with E-state index in [0.717, 1.165) is 11.3 Å². The lowest BCUT2D eigenvalue weighted by molar-refractivity contribution is 0.627. The number of benzene rings is 1. The molecule has 0 aliphatic heterocycles. The highest BCUT2D eigenvalue weighted by Gasteiger charge is 2.01. The summed E-state index contributed by atoms with van der Waals surface area (Å²) in [6.07, 6.45) is 1.73. The maximum atomic E-state index is 12.7. The zero-order valence-corrected chi connectivity index (χ0v) is 9.88. The van der Waals surface area contributed by atoms with Gasteiger partial charge in [-0.15, -0.1) is 0 Å². The van der Waals surface area contributed by atoms with Crippen molar-refractivity contribution in [3.8, 4) is 0 Å². The standard InChI is InChI=1S/C13H11FN2S/c14-11-6-4-10(5-7-11)13(17)16-9-12-3-1-2-8-15-12/h1-8H,9H2,(H,16,17). The minimum atomic E-state index is -0.263. The van der Waals surface area contributed by atoms with Gasteiger partial charge in [-0.2, -0.15) is 0 Å². The van der Waals surface area contributed by atoms with E-state index < -0.39 is 0 Å². The van der Waals surface area contributed by atoms with Gasteiger partial charge in [0.25, 0.3) is 0 Å². The average Bonchev–Trinajstić information content (AvgIpc) is 2.38. The third-order valence-corrected chi connectivity index (χ3v) is 2.64. The second-order valence-electron chi connectivity index (χ2n) is 3.51. The van der Waals surface area contributed by atoms with E-state index in [1.807, 2.05) is 18.2 Å². The number of nitrogens with zero attached hydrogens (tertiary/aromatic N) is 1. The molecule has 0 amide bonds. The van der Waals surface area contributed by atoms with Crippen molar-refractivity contribution in [1.82, 2.24) is 10.3 Å². The minimum absolute atomic E-state index is 0.263. The summed E-state index contributed by atoms with van der Waals surface area (Å²) in [6.45, 7) is 0.567. The normalized spacial score (nSPS) is 9.94. The molecule has 17 heavy (non-hydrogen) atoms. The second-order valence-corrected chi connectivity index (χ2v) is 3.92. The predicted molar refractivity (Wildman–Crippen MR) is 69.2 cm³/mol. The van der Waals surface area contributed by atoms with E-state index in [-0.39, 0.29) is 5.82 Å². The van der Waals surface area contributed by atoms with E-state index in [2.05, 4.69) is 10.3 Å². The zero-order chi connectivity index (χ0) is 12.1. The second kappa shape index (κ2) is 5.50. The van der Waals surface area contributed by atoms with Crippen LogP contribution in [0.3, 0.4) is 0 Å². The smallest absolute Gasteiger partial charge is 0.123 e. The fourth-order valence-electron chi connectivity index (χ4n) is 1.38. The van der Waals surface area contributed by atoms with Crippen molar-refractivity contribution in [2.45, 2.75) is 6.54 Å². The van der Waals surface area contributed by atoms with E-state index in [1.54, 1.807) is 18.3 Å². The molecule has 2 aromatic rings. The Morgan fingerprint density at radius 1 is 1.18 bits per heavy atom. The van der Waals surface area contributed by atoms with Crippen LogP contribution in [0.25, 0.3) is 0 Å². The van der Waals surface area contributed by atoms with Crippen molar-refractivity contribution < 1.29 is 4.39 Å². The maximum Gasteiger partial charge on any atom is 0.123 e. The third kappa shape index (κ3) is 3.32. The van der Waals surface area contributed by atoms with Gasteiger partial charge in [0.15, 0.2) is 0 Å². The Labute approximate surface area is 105 Å². The molecule has 1 aromatic carbocycles. The largest absolute Gasteiger partial charge is 0.370 e. The van der Waals surface area contributed by atoms with Gasteiger partial charge in [-0.05, 0) is 36.4 Å². The van der Waals surface area contributed by atoms with E-state index >= 15 is 0 Å². The van der Waals surface area contributed by atoms with E-state index in [1.165, 1.54) is 12.1 Å². The van der Waals surface area contributed by atoms with Crippen molar-refractivity contribution in [2.75, 3.05) is 0 Å². The molecule has 1 N–H and O–H groups in total. The molecular formula is C13H11FN2S. The molecule has 2 rings (SSSR count). The van der Waals surface area contributed by atoms with E-state index in [4.69, 9.17) is 12.2 Å². The molecule has 0 saturated heterocycles. The van der Waals surface area contributed by atoms with Gasteiger partial charge in [0, 0.05) is 11.8 Å². The topological polar surface area (TPSA) is 24.9 Å². The molecule has 86 valence electrons. The molecule has 0 spiro atoms. The summed E-state index contributed by atoms with van der Waals surface area (Å²) in [4.78, 5) is 4.77.